The molecule has 0 spiro atoms. The summed E-state index contributed by atoms with van der Waals surface area (Å²) in [5.41, 5.74) is -0.660. The SMILES string of the molecule is CC(C)C(C(=O)NCC1(O)CCCCC1)C(C)C. The van der Waals surface area contributed by atoms with Gasteiger partial charge in [0.1, 0.15) is 0 Å². The molecule has 3 nitrogen and oxygen atoms in total. The Morgan fingerprint density at radius 3 is 2.06 bits per heavy atom. The minimum atomic E-state index is -0.660. The van der Waals surface area contributed by atoms with Crippen molar-refractivity contribution in [3.8, 4) is 0 Å². The van der Waals surface area contributed by atoms with Crippen LogP contribution in [0.25, 0.3) is 0 Å². The zero-order chi connectivity index (χ0) is 13.8. The molecule has 1 amide bonds. The lowest BCUT2D eigenvalue weighted by molar-refractivity contribution is -0.129. The monoisotopic (exact) mass is 255 g/mol. The Hall–Kier alpha value is -0.570. The van der Waals surface area contributed by atoms with Gasteiger partial charge in [-0.1, -0.05) is 47.0 Å². The third-order valence-electron chi connectivity index (χ3n) is 4.12. The highest BCUT2D eigenvalue weighted by atomic mass is 16.3. The lowest BCUT2D eigenvalue weighted by atomic mass is 9.83. The van der Waals surface area contributed by atoms with Crippen LogP contribution >= 0.6 is 0 Å². The maximum Gasteiger partial charge on any atom is 0.223 e. The molecule has 0 aromatic heterocycles. The predicted molar refractivity (Wildman–Crippen MR) is 74.2 cm³/mol. The molecule has 106 valence electrons. The Kier molecular flexibility index (Phi) is 5.64. The molecule has 1 aliphatic carbocycles. The summed E-state index contributed by atoms with van der Waals surface area (Å²) in [6, 6.07) is 0. The van der Waals surface area contributed by atoms with E-state index in [2.05, 4.69) is 33.0 Å². The summed E-state index contributed by atoms with van der Waals surface area (Å²) in [4.78, 5) is 12.2. The van der Waals surface area contributed by atoms with E-state index in [1.54, 1.807) is 0 Å². The zero-order valence-corrected chi connectivity index (χ0v) is 12.3. The van der Waals surface area contributed by atoms with Crippen LogP contribution in [-0.2, 0) is 4.79 Å². The number of aliphatic hydroxyl groups is 1. The molecular formula is C15H29NO2. The van der Waals surface area contributed by atoms with Gasteiger partial charge in [-0.15, -0.1) is 0 Å². The summed E-state index contributed by atoms with van der Waals surface area (Å²) in [5, 5.41) is 13.3. The van der Waals surface area contributed by atoms with E-state index >= 15 is 0 Å². The first-order valence-corrected chi connectivity index (χ1v) is 7.36. The summed E-state index contributed by atoms with van der Waals surface area (Å²) in [6.45, 7) is 8.75. The van der Waals surface area contributed by atoms with Crippen molar-refractivity contribution in [2.75, 3.05) is 6.54 Å². The molecule has 1 saturated carbocycles. The van der Waals surface area contributed by atoms with Crippen LogP contribution in [0.4, 0.5) is 0 Å². The smallest absolute Gasteiger partial charge is 0.223 e. The zero-order valence-electron chi connectivity index (χ0n) is 12.3. The van der Waals surface area contributed by atoms with Crippen molar-refractivity contribution >= 4 is 5.91 Å². The van der Waals surface area contributed by atoms with E-state index in [4.69, 9.17) is 0 Å². The van der Waals surface area contributed by atoms with Crippen LogP contribution in [0.1, 0.15) is 59.8 Å². The molecule has 1 rings (SSSR count). The molecule has 0 unspecified atom stereocenters. The normalized spacial score (nSPS) is 19.6. The topological polar surface area (TPSA) is 49.3 Å². The molecule has 0 heterocycles. The molecule has 0 saturated heterocycles. The van der Waals surface area contributed by atoms with Crippen molar-refractivity contribution in [2.24, 2.45) is 17.8 Å². The summed E-state index contributed by atoms with van der Waals surface area (Å²) in [6.07, 6.45) is 4.99. The number of hydrogen-bond acceptors (Lipinski definition) is 2. The standard InChI is InChI=1S/C15H29NO2/c1-11(2)13(12(3)4)14(17)16-10-15(18)8-6-5-7-9-15/h11-13,18H,5-10H2,1-4H3,(H,16,17). The lowest BCUT2D eigenvalue weighted by Gasteiger charge is -2.33. The van der Waals surface area contributed by atoms with Crippen molar-refractivity contribution in [3.05, 3.63) is 0 Å². The van der Waals surface area contributed by atoms with Gasteiger partial charge in [0, 0.05) is 12.5 Å². The van der Waals surface area contributed by atoms with E-state index in [0.717, 1.165) is 25.7 Å². The number of carbonyl (C=O) groups is 1. The van der Waals surface area contributed by atoms with Crippen LogP contribution in [0, 0.1) is 17.8 Å². The number of nitrogens with one attached hydrogen (secondary N) is 1. The minimum absolute atomic E-state index is 0.0391. The Balaban J connectivity index is 2.48. The van der Waals surface area contributed by atoms with Gasteiger partial charge in [-0.25, -0.2) is 0 Å². The van der Waals surface area contributed by atoms with Crippen molar-refractivity contribution < 1.29 is 9.90 Å². The number of rotatable bonds is 5. The first-order valence-electron chi connectivity index (χ1n) is 7.36. The van der Waals surface area contributed by atoms with Gasteiger partial charge in [0.2, 0.25) is 5.91 Å². The molecule has 18 heavy (non-hydrogen) atoms. The third-order valence-corrected chi connectivity index (χ3v) is 4.12. The fraction of sp³-hybridized carbons (Fsp3) is 0.933. The molecule has 0 aromatic carbocycles. The minimum Gasteiger partial charge on any atom is -0.388 e. The Morgan fingerprint density at radius 1 is 1.11 bits per heavy atom. The van der Waals surface area contributed by atoms with E-state index < -0.39 is 5.60 Å². The second-order valence-corrected chi connectivity index (χ2v) is 6.52. The quantitative estimate of drug-likeness (QED) is 0.793. The Morgan fingerprint density at radius 2 is 1.61 bits per heavy atom. The molecule has 0 bridgehead atoms. The highest BCUT2D eigenvalue weighted by Crippen LogP contribution is 2.28. The maximum absolute atomic E-state index is 12.2. The summed E-state index contributed by atoms with van der Waals surface area (Å²) in [7, 11) is 0. The van der Waals surface area contributed by atoms with Crippen LogP contribution in [0.15, 0.2) is 0 Å². The van der Waals surface area contributed by atoms with Gasteiger partial charge < -0.3 is 10.4 Å². The van der Waals surface area contributed by atoms with Gasteiger partial charge >= 0.3 is 0 Å². The highest BCUT2D eigenvalue weighted by molar-refractivity contribution is 5.79. The van der Waals surface area contributed by atoms with Gasteiger partial charge in [0.05, 0.1) is 5.60 Å². The van der Waals surface area contributed by atoms with Gasteiger partial charge in [-0.3, -0.25) is 4.79 Å². The third kappa shape index (κ3) is 4.27. The molecule has 0 aliphatic heterocycles. The van der Waals surface area contributed by atoms with Crippen molar-refractivity contribution in [1.29, 1.82) is 0 Å². The number of carbonyl (C=O) groups excluding carboxylic acids is 1. The molecule has 1 aliphatic rings. The predicted octanol–water partition coefficient (Wildman–Crippen LogP) is 2.73. The number of hydrogen-bond donors (Lipinski definition) is 2. The summed E-state index contributed by atoms with van der Waals surface area (Å²) >= 11 is 0. The van der Waals surface area contributed by atoms with Crippen LogP contribution in [0.2, 0.25) is 0 Å². The van der Waals surface area contributed by atoms with Gasteiger partial charge in [-0.05, 0) is 24.7 Å². The molecule has 0 radical (unpaired) electrons. The van der Waals surface area contributed by atoms with Crippen molar-refractivity contribution in [1.82, 2.24) is 5.32 Å². The average molecular weight is 255 g/mol. The van der Waals surface area contributed by atoms with Gasteiger partial charge in [-0.2, -0.15) is 0 Å². The number of amides is 1. The highest BCUT2D eigenvalue weighted by Gasteiger charge is 2.31. The summed E-state index contributed by atoms with van der Waals surface area (Å²) < 4.78 is 0. The lowest BCUT2D eigenvalue weighted by Crippen LogP contribution is -2.47. The molecule has 0 atom stereocenters. The first kappa shape index (κ1) is 15.5. The second kappa shape index (κ2) is 6.55. The fourth-order valence-electron chi connectivity index (χ4n) is 3.13. The van der Waals surface area contributed by atoms with Crippen LogP contribution in [0.5, 0.6) is 0 Å². The van der Waals surface area contributed by atoms with E-state index in [-0.39, 0.29) is 11.8 Å². The van der Waals surface area contributed by atoms with E-state index in [1.165, 1.54) is 6.42 Å². The molecule has 2 N–H and O–H groups in total. The van der Waals surface area contributed by atoms with E-state index in [9.17, 15) is 9.90 Å². The largest absolute Gasteiger partial charge is 0.388 e. The van der Waals surface area contributed by atoms with Crippen LogP contribution in [-0.4, -0.2) is 23.2 Å². The maximum atomic E-state index is 12.2. The first-order chi connectivity index (χ1) is 8.36. The second-order valence-electron chi connectivity index (χ2n) is 6.52. The Labute approximate surface area is 111 Å². The average Bonchev–Trinajstić information content (AvgIpc) is 2.26. The van der Waals surface area contributed by atoms with E-state index in [0.29, 0.717) is 18.4 Å². The molecular weight excluding hydrogens is 226 g/mol. The van der Waals surface area contributed by atoms with Crippen molar-refractivity contribution in [2.45, 2.75) is 65.4 Å². The fourth-order valence-corrected chi connectivity index (χ4v) is 3.13. The molecule has 0 aromatic rings. The molecule has 1 fully saturated rings. The van der Waals surface area contributed by atoms with E-state index in [1.807, 2.05) is 0 Å². The van der Waals surface area contributed by atoms with Crippen LogP contribution in [0.3, 0.4) is 0 Å². The van der Waals surface area contributed by atoms with Gasteiger partial charge in [0.25, 0.3) is 0 Å². The summed E-state index contributed by atoms with van der Waals surface area (Å²) in [5.74, 6) is 0.813. The van der Waals surface area contributed by atoms with Gasteiger partial charge in [0.15, 0.2) is 0 Å². The molecule has 3 heteroatoms. The van der Waals surface area contributed by atoms with Crippen LogP contribution < -0.4 is 5.32 Å². The Bertz CT molecular complexity index is 260. The van der Waals surface area contributed by atoms with Crippen molar-refractivity contribution in [3.63, 3.8) is 0 Å².